The number of hydrogen-bond acceptors (Lipinski definition) is 5. The van der Waals surface area contributed by atoms with Gasteiger partial charge in [-0.05, 0) is 30.3 Å². The molecule has 2 aromatic carbocycles. The Morgan fingerprint density at radius 2 is 1.96 bits per heavy atom. The molecule has 0 aliphatic carbocycles. The van der Waals surface area contributed by atoms with Gasteiger partial charge in [0.1, 0.15) is 12.7 Å². The lowest BCUT2D eigenvalue weighted by atomic mass is 10.2. The standard InChI is InChI=1S/C19H18N2O5S/c1-2-10-21-27(23,24)16-7-5-6-14(11-16)19(22)20-12-15-13-25-17-8-3-4-9-18(17)26-15/h1,3-9,11,15,21H,10,12-13H2,(H,20,22). The average molecular weight is 386 g/mol. The number of sulfonamides is 1. The zero-order valence-electron chi connectivity index (χ0n) is 14.3. The summed E-state index contributed by atoms with van der Waals surface area (Å²) in [5.41, 5.74) is 0.218. The highest BCUT2D eigenvalue weighted by Gasteiger charge is 2.22. The van der Waals surface area contributed by atoms with Gasteiger partial charge in [0, 0.05) is 5.56 Å². The van der Waals surface area contributed by atoms with E-state index in [0.29, 0.717) is 18.1 Å². The molecule has 1 unspecified atom stereocenters. The molecule has 2 aromatic rings. The molecular weight excluding hydrogens is 368 g/mol. The van der Waals surface area contributed by atoms with E-state index < -0.39 is 15.9 Å². The van der Waals surface area contributed by atoms with E-state index in [1.165, 1.54) is 24.3 Å². The molecule has 2 N–H and O–H groups in total. The predicted octanol–water partition coefficient (Wildman–Crippen LogP) is 1.17. The summed E-state index contributed by atoms with van der Waals surface area (Å²) >= 11 is 0. The summed E-state index contributed by atoms with van der Waals surface area (Å²) in [6.07, 6.45) is 4.73. The first-order valence-corrected chi connectivity index (χ1v) is 9.68. The number of terminal acetylenes is 1. The molecule has 1 amide bonds. The van der Waals surface area contributed by atoms with E-state index in [9.17, 15) is 13.2 Å². The Labute approximate surface area is 157 Å². The van der Waals surface area contributed by atoms with Gasteiger partial charge in [-0.3, -0.25) is 4.79 Å². The minimum absolute atomic E-state index is 0.0309. The van der Waals surface area contributed by atoms with Crippen LogP contribution in [0.2, 0.25) is 0 Å². The molecule has 1 aliphatic heterocycles. The van der Waals surface area contributed by atoms with Gasteiger partial charge < -0.3 is 14.8 Å². The summed E-state index contributed by atoms with van der Waals surface area (Å²) in [6.45, 7) is 0.403. The van der Waals surface area contributed by atoms with Crippen molar-refractivity contribution in [3.8, 4) is 23.8 Å². The van der Waals surface area contributed by atoms with Crippen LogP contribution in [-0.2, 0) is 10.0 Å². The molecule has 1 aliphatic rings. The number of rotatable bonds is 6. The van der Waals surface area contributed by atoms with Gasteiger partial charge in [-0.1, -0.05) is 24.1 Å². The summed E-state index contributed by atoms with van der Waals surface area (Å²) in [6, 6.07) is 13.0. The maximum atomic E-state index is 12.4. The smallest absolute Gasteiger partial charge is 0.251 e. The average Bonchev–Trinajstić information content (AvgIpc) is 2.70. The van der Waals surface area contributed by atoms with Crippen LogP contribution < -0.4 is 19.5 Å². The number of benzene rings is 2. The fourth-order valence-corrected chi connectivity index (χ4v) is 3.48. The summed E-state index contributed by atoms with van der Waals surface area (Å²) < 4.78 is 37.8. The molecule has 27 heavy (non-hydrogen) atoms. The van der Waals surface area contributed by atoms with Gasteiger partial charge in [-0.25, -0.2) is 8.42 Å². The molecular formula is C19H18N2O5S. The minimum atomic E-state index is -3.76. The lowest BCUT2D eigenvalue weighted by Crippen LogP contribution is -2.40. The third-order valence-corrected chi connectivity index (χ3v) is 5.23. The van der Waals surface area contributed by atoms with Crippen LogP contribution in [0.15, 0.2) is 53.4 Å². The lowest BCUT2D eigenvalue weighted by molar-refractivity contribution is 0.0789. The molecule has 0 radical (unpaired) electrons. The van der Waals surface area contributed by atoms with Crippen molar-refractivity contribution in [1.82, 2.24) is 10.0 Å². The SMILES string of the molecule is C#CCNS(=O)(=O)c1cccc(C(=O)NCC2COc3ccccc3O2)c1. The molecule has 140 valence electrons. The molecule has 3 rings (SSSR count). The zero-order valence-corrected chi connectivity index (χ0v) is 15.2. The normalized spacial score (nSPS) is 15.6. The Morgan fingerprint density at radius 1 is 1.19 bits per heavy atom. The van der Waals surface area contributed by atoms with Gasteiger partial charge in [0.05, 0.1) is 18.0 Å². The summed E-state index contributed by atoms with van der Waals surface area (Å²) in [5.74, 6) is 3.07. The molecule has 7 nitrogen and oxygen atoms in total. The third-order valence-electron chi connectivity index (χ3n) is 3.83. The molecule has 0 fully saturated rings. The molecule has 8 heteroatoms. The van der Waals surface area contributed by atoms with Crippen LogP contribution in [0.4, 0.5) is 0 Å². The van der Waals surface area contributed by atoms with Crippen molar-refractivity contribution in [3.05, 3.63) is 54.1 Å². The quantitative estimate of drug-likeness (QED) is 0.727. The van der Waals surface area contributed by atoms with E-state index in [2.05, 4.69) is 16.0 Å². The third kappa shape index (κ3) is 4.58. The minimum Gasteiger partial charge on any atom is -0.486 e. The van der Waals surface area contributed by atoms with E-state index in [1.54, 1.807) is 6.07 Å². The van der Waals surface area contributed by atoms with Gasteiger partial charge >= 0.3 is 0 Å². The molecule has 0 spiro atoms. The van der Waals surface area contributed by atoms with Crippen LogP contribution in [0.5, 0.6) is 11.5 Å². The van der Waals surface area contributed by atoms with E-state index in [-0.39, 0.29) is 29.7 Å². The van der Waals surface area contributed by atoms with Crippen LogP contribution in [0.25, 0.3) is 0 Å². The van der Waals surface area contributed by atoms with Crippen molar-refractivity contribution < 1.29 is 22.7 Å². The molecule has 1 atom stereocenters. The van der Waals surface area contributed by atoms with E-state index in [1.807, 2.05) is 18.2 Å². The van der Waals surface area contributed by atoms with Crippen LogP contribution in [0.3, 0.4) is 0 Å². The Hall–Kier alpha value is -3.02. The summed E-state index contributed by atoms with van der Waals surface area (Å²) in [7, 11) is -3.76. The second-order valence-corrected chi connectivity index (χ2v) is 7.53. The van der Waals surface area contributed by atoms with Crippen molar-refractivity contribution in [1.29, 1.82) is 0 Å². The largest absolute Gasteiger partial charge is 0.486 e. The van der Waals surface area contributed by atoms with Crippen molar-refractivity contribution in [3.63, 3.8) is 0 Å². The number of amides is 1. The highest BCUT2D eigenvalue weighted by atomic mass is 32.2. The fourth-order valence-electron chi connectivity index (χ4n) is 2.50. The van der Waals surface area contributed by atoms with Crippen molar-refractivity contribution in [2.75, 3.05) is 19.7 Å². The number of para-hydroxylation sites is 2. The van der Waals surface area contributed by atoms with E-state index in [4.69, 9.17) is 15.9 Å². The number of ether oxygens (including phenoxy) is 2. The Bertz CT molecular complexity index is 982. The molecule has 0 saturated heterocycles. The van der Waals surface area contributed by atoms with Crippen molar-refractivity contribution in [2.45, 2.75) is 11.0 Å². The summed E-state index contributed by atoms with van der Waals surface area (Å²) in [5, 5.41) is 2.73. The summed E-state index contributed by atoms with van der Waals surface area (Å²) in [4.78, 5) is 12.3. The molecule has 0 aromatic heterocycles. The maximum Gasteiger partial charge on any atom is 0.251 e. The fraction of sp³-hybridized carbons (Fsp3) is 0.211. The van der Waals surface area contributed by atoms with E-state index >= 15 is 0 Å². The number of fused-ring (bicyclic) bond motifs is 1. The molecule has 1 heterocycles. The monoisotopic (exact) mass is 386 g/mol. The Balaban J connectivity index is 1.62. The van der Waals surface area contributed by atoms with Crippen molar-refractivity contribution >= 4 is 15.9 Å². The second-order valence-electron chi connectivity index (χ2n) is 5.76. The number of nitrogens with one attached hydrogen (secondary N) is 2. The Kier molecular flexibility index (Phi) is 5.64. The van der Waals surface area contributed by atoms with Gasteiger partial charge in [-0.2, -0.15) is 4.72 Å². The number of carbonyl (C=O) groups is 1. The first kappa shape index (κ1) is 18.8. The van der Waals surface area contributed by atoms with Gasteiger partial charge in [0.25, 0.3) is 5.91 Å². The lowest BCUT2D eigenvalue weighted by Gasteiger charge is -2.26. The van der Waals surface area contributed by atoms with Gasteiger partial charge in [0.2, 0.25) is 10.0 Å². The van der Waals surface area contributed by atoms with Crippen LogP contribution in [0.1, 0.15) is 10.4 Å². The predicted molar refractivity (Wildman–Crippen MR) is 99.1 cm³/mol. The van der Waals surface area contributed by atoms with Crippen LogP contribution >= 0.6 is 0 Å². The zero-order chi connectivity index (χ0) is 19.3. The van der Waals surface area contributed by atoms with Crippen LogP contribution in [-0.4, -0.2) is 40.1 Å². The second kappa shape index (κ2) is 8.12. The highest BCUT2D eigenvalue weighted by Crippen LogP contribution is 2.30. The molecule has 0 saturated carbocycles. The Morgan fingerprint density at radius 3 is 2.74 bits per heavy atom. The van der Waals surface area contributed by atoms with Gasteiger partial charge in [-0.15, -0.1) is 6.42 Å². The highest BCUT2D eigenvalue weighted by molar-refractivity contribution is 7.89. The number of carbonyl (C=O) groups excluding carboxylic acids is 1. The number of hydrogen-bond donors (Lipinski definition) is 2. The first-order chi connectivity index (χ1) is 13.0. The van der Waals surface area contributed by atoms with Gasteiger partial charge in [0.15, 0.2) is 11.5 Å². The van der Waals surface area contributed by atoms with E-state index in [0.717, 1.165) is 0 Å². The topological polar surface area (TPSA) is 93.7 Å². The maximum absolute atomic E-state index is 12.4. The van der Waals surface area contributed by atoms with Crippen molar-refractivity contribution in [2.24, 2.45) is 0 Å². The first-order valence-electron chi connectivity index (χ1n) is 8.19. The van der Waals surface area contributed by atoms with Crippen LogP contribution in [0, 0.1) is 12.3 Å². The molecule has 0 bridgehead atoms.